The molecule has 0 aliphatic carbocycles. The summed E-state index contributed by atoms with van der Waals surface area (Å²) in [6.07, 6.45) is 12.3. The molecule has 0 radical (unpaired) electrons. The fourth-order valence-corrected chi connectivity index (χ4v) is 2.78. The highest BCUT2D eigenvalue weighted by atomic mass is 16.4. The van der Waals surface area contributed by atoms with Crippen LogP contribution in [0.15, 0.2) is 63.7 Å². The van der Waals surface area contributed by atoms with Crippen molar-refractivity contribution in [3.05, 3.63) is 66.0 Å². The van der Waals surface area contributed by atoms with Crippen LogP contribution in [0.2, 0.25) is 0 Å². The van der Waals surface area contributed by atoms with Gasteiger partial charge in [0.05, 0.1) is 25.1 Å². The van der Waals surface area contributed by atoms with Crippen molar-refractivity contribution in [2.75, 3.05) is 19.6 Å². The minimum absolute atomic E-state index is 0.491. The van der Waals surface area contributed by atoms with Gasteiger partial charge >= 0.3 is 5.97 Å². The van der Waals surface area contributed by atoms with Crippen LogP contribution in [0.4, 0.5) is 0 Å². The van der Waals surface area contributed by atoms with E-state index in [9.17, 15) is 4.79 Å². The molecule has 1 aliphatic heterocycles. The molecular weight excluding hydrogens is 294 g/mol. The van der Waals surface area contributed by atoms with E-state index in [1.165, 1.54) is 0 Å². The van der Waals surface area contributed by atoms with Crippen LogP contribution < -0.4 is 0 Å². The van der Waals surface area contributed by atoms with Crippen molar-refractivity contribution in [1.82, 2.24) is 4.90 Å². The molecule has 0 atom stereocenters. The first kappa shape index (κ1) is 15.4. The van der Waals surface area contributed by atoms with E-state index in [0.29, 0.717) is 12.1 Å². The smallest absolute Gasteiger partial charge is 0.332 e. The minimum atomic E-state index is -0.817. The van der Waals surface area contributed by atoms with Gasteiger partial charge < -0.3 is 13.9 Å². The molecule has 0 saturated heterocycles. The molecule has 23 heavy (non-hydrogen) atoms. The monoisotopic (exact) mass is 313 g/mol. The van der Waals surface area contributed by atoms with E-state index in [-0.39, 0.29) is 0 Å². The first-order valence-electron chi connectivity index (χ1n) is 7.64. The van der Waals surface area contributed by atoms with E-state index >= 15 is 0 Å². The third-order valence-electron chi connectivity index (χ3n) is 3.96. The average molecular weight is 313 g/mol. The maximum Gasteiger partial charge on any atom is 0.332 e. The largest absolute Gasteiger partial charge is 0.478 e. The molecule has 0 unspecified atom stereocenters. The van der Waals surface area contributed by atoms with Gasteiger partial charge in [-0.25, -0.2) is 4.79 Å². The normalized spacial score (nSPS) is 15.2. The fourth-order valence-electron chi connectivity index (χ4n) is 2.78. The summed E-state index contributed by atoms with van der Waals surface area (Å²) >= 11 is 0. The molecule has 3 heterocycles. The third-order valence-corrected chi connectivity index (χ3v) is 3.96. The number of hydrogen-bond donors (Lipinski definition) is 1. The Bertz CT molecular complexity index is 659. The molecule has 0 spiro atoms. The third kappa shape index (κ3) is 3.81. The lowest BCUT2D eigenvalue weighted by atomic mass is 10.0. The van der Waals surface area contributed by atoms with Gasteiger partial charge in [-0.05, 0) is 30.5 Å². The van der Waals surface area contributed by atoms with Crippen molar-refractivity contribution in [3.63, 3.8) is 0 Å². The number of rotatable bonds is 6. The molecular formula is C18H19NO4. The van der Waals surface area contributed by atoms with Crippen LogP contribution in [-0.2, 0) is 4.79 Å². The van der Waals surface area contributed by atoms with Gasteiger partial charge in [0.15, 0.2) is 0 Å². The van der Waals surface area contributed by atoms with Crippen LogP contribution in [0.3, 0.4) is 0 Å². The first-order valence-corrected chi connectivity index (χ1v) is 7.64. The molecule has 3 rings (SSSR count). The standard InChI is InChI=1S/C18H19NO4/c20-18(21)14-3-1-7-19(11-14)8-2-4-17(15-5-9-22-12-15)16-6-10-23-13-16/h3-6,9-10,12-13H,1-2,7-8,11H2,(H,20,21). The zero-order chi connectivity index (χ0) is 16.1. The number of carbonyl (C=O) groups is 1. The predicted octanol–water partition coefficient (Wildman–Crippen LogP) is 3.41. The van der Waals surface area contributed by atoms with Crippen molar-refractivity contribution < 1.29 is 18.7 Å². The summed E-state index contributed by atoms with van der Waals surface area (Å²) in [6.45, 7) is 2.23. The zero-order valence-electron chi connectivity index (χ0n) is 12.8. The highest BCUT2D eigenvalue weighted by molar-refractivity contribution is 5.87. The van der Waals surface area contributed by atoms with E-state index in [4.69, 9.17) is 13.9 Å². The van der Waals surface area contributed by atoms with Crippen LogP contribution in [0.25, 0.3) is 5.57 Å². The van der Waals surface area contributed by atoms with Gasteiger partial charge in [-0.1, -0.05) is 12.2 Å². The SMILES string of the molecule is O=C(O)C1=CCCN(CCC=C(c2ccoc2)c2ccoc2)C1. The second-order valence-electron chi connectivity index (χ2n) is 5.53. The van der Waals surface area contributed by atoms with Crippen molar-refractivity contribution >= 4 is 11.5 Å². The molecule has 1 N–H and O–H groups in total. The summed E-state index contributed by atoms with van der Waals surface area (Å²) in [5, 5.41) is 9.09. The summed E-state index contributed by atoms with van der Waals surface area (Å²) in [6, 6.07) is 3.84. The summed E-state index contributed by atoms with van der Waals surface area (Å²) < 4.78 is 10.4. The lowest BCUT2D eigenvalue weighted by molar-refractivity contribution is -0.133. The van der Waals surface area contributed by atoms with Crippen LogP contribution in [0.5, 0.6) is 0 Å². The van der Waals surface area contributed by atoms with Gasteiger partial charge in [0, 0.05) is 36.3 Å². The lowest BCUT2D eigenvalue weighted by Gasteiger charge is -2.25. The van der Waals surface area contributed by atoms with Gasteiger partial charge in [-0.2, -0.15) is 0 Å². The van der Waals surface area contributed by atoms with Gasteiger partial charge in [-0.15, -0.1) is 0 Å². The summed E-state index contributed by atoms with van der Waals surface area (Å²) in [5.74, 6) is -0.817. The maximum atomic E-state index is 11.1. The number of furan rings is 2. The van der Waals surface area contributed by atoms with Gasteiger partial charge in [0.2, 0.25) is 0 Å². The van der Waals surface area contributed by atoms with Crippen LogP contribution >= 0.6 is 0 Å². The lowest BCUT2D eigenvalue weighted by Crippen LogP contribution is -2.32. The van der Waals surface area contributed by atoms with Gasteiger partial charge in [0.25, 0.3) is 0 Å². The Hall–Kier alpha value is -2.53. The average Bonchev–Trinajstić information content (AvgIpc) is 3.25. The second-order valence-corrected chi connectivity index (χ2v) is 5.53. The number of aliphatic carboxylic acids is 1. The molecule has 120 valence electrons. The van der Waals surface area contributed by atoms with E-state index in [1.54, 1.807) is 25.1 Å². The topological polar surface area (TPSA) is 66.8 Å². The highest BCUT2D eigenvalue weighted by Crippen LogP contribution is 2.25. The van der Waals surface area contributed by atoms with Crippen LogP contribution in [0, 0.1) is 0 Å². The predicted molar refractivity (Wildman–Crippen MR) is 85.9 cm³/mol. The van der Waals surface area contributed by atoms with Crippen LogP contribution in [0.1, 0.15) is 24.0 Å². The number of carboxylic acid groups (broad SMARTS) is 1. The fraction of sp³-hybridized carbons (Fsp3) is 0.278. The van der Waals surface area contributed by atoms with Crippen molar-refractivity contribution in [3.8, 4) is 0 Å². The molecule has 2 aromatic heterocycles. The number of carboxylic acids is 1. The summed E-state index contributed by atoms with van der Waals surface area (Å²) in [4.78, 5) is 13.2. The van der Waals surface area contributed by atoms with Crippen LogP contribution in [-0.4, -0.2) is 35.6 Å². The van der Waals surface area contributed by atoms with Gasteiger partial charge in [-0.3, -0.25) is 4.90 Å². The quantitative estimate of drug-likeness (QED) is 0.885. The number of nitrogens with zero attached hydrogens (tertiary/aromatic N) is 1. The Morgan fingerprint density at radius 2 is 1.91 bits per heavy atom. The summed E-state index contributed by atoms with van der Waals surface area (Å²) in [7, 11) is 0. The van der Waals surface area contributed by atoms with E-state index < -0.39 is 5.97 Å². The molecule has 0 amide bonds. The second kappa shape index (κ2) is 7.15. The van der Waals surface area contributed by atoms with E-state index in [1.807, 2.05) is 18.2 Å². The molecule has 1 aliphatic rings. The van der Waals surface area contributed by atoms with E-state index in [0.717, 1.165) is 42.6 Å². The highest BCUT2D eigenvalue weighted by Gasteiger charge is 2.16. The molecule has 0 aromatic carbocycles. The van der Waals surface area contributed by atoms with Crippen molar-refractivity contribution in [2.24, 2.45) is 0 Å². The number of hydrogen-bond acceptors (Lipinski definition) is 4. The Balaban J connectivity index is 1.66. The maximum absolute atomic E-state index is 11.1. The molecule has 5 nitrogen and oxygen atoms in total. The van der Waals surface area contributed by atoms with Crippen molar-refractivity contribution in [1.29, 1.82) is 0 Å². The first-order chi connectivity index (χ1) is 11.2. The Morgan fingerprint density at radius 1 is 1.22 bits per heavy atom. The van der Waals surface area contributed by atoms with Crippen molar-refractivity contribution in [2.45, 2.75) is 12.8 Å². The molecule has 0 bridgehead atoms. The molecule has 0 fully saturated rings. The Kier molecular flexibility index (Phi) is 4.78. The van der Waals surface area contributed by atoms with E-state index in [2.05, 4.69) is 11.0 Å². The Labute approximate surface area is 134 Å². The zero-order valence-corrected chi connectivity index (χ0v) is 12.8. The summed E-state index contributed by atoms with van der Waals surface area (Å²) in [5.41, 5.74) is 3.58. The molecule has 0 saturated carbocycles. The van der Waals surface area contributed by atoms with Gasteiger partial charge in [0.1, 0.15) is 0 Å². The Morgan fingerprint density at radius 3 is 2.48 bits per heavy atom. The molecule has 5 heteroatoms. The minimum Gasteiger partial charge on any atom is -0.478 e. The molecule has 2 aromatic rings.